The van der Waals surface area contributed by atoms with Gasteiger partial charge in [-0.2, -0.15) is 0 Å². The molecule has 0 atom stereocenters. The Bertz CT molecular complexity index is 567. The third kappa shape index (κ3) is 6.20. The van der Waals surface area contributed by atoms with Crippen molar-refractivity contribution in [1.82, 2.24) is 14.6 Å². The van der Waals surface area contributed by atoms with Gasteiger partial charge in [-0.1, -0.05) is 11.6 Å². The van der Waals surface area contributed by atoms with Gasteiger partial charge in [-0.3, -0.25) is 0 Å². The van der Waals surface area contributed by atoms with Crippen LogP contribution in [0.25, 0.3) is 0 Å². The van der Waals surface area contributed by atoms with Crippen molar-refractivity contribution < 1.29 is 8.42 Å². The van der Waals surface area contributed by atoms with Gasteiger partial charge in [0.05, 0.1) is 0 Å². The monoisotopic (exact) mass is 397 g/mol. The molecule has 0 radical (unpaired) electrons. The van der Waals surface area contributed by atoms with Crippen LogP contribution in [0.15, 0.2) is 21.6 Å². The topological polar surface area (TPSA) is 62.3 Å². The van der Waals surface area contributed by atoms with Crippen molar-refractivity contribution in [3.05, 3.63) is 21.9 Å². The van der Waals surface area contributed by atoms with Crippen LogP contribution in [0.5, 0.6) is 0 Å². The van der Waals surface area contributed by atoms with Gasteiger partial charge in [-0.05, 0) is 62.3 Å². The van der Waals surface area contributed by atoms with Gasteiger partial charge in [0.2, 0.25) is 10.0 Å². The summed E-state index contributed by atoms with van der Waals surface area (Å²) in [6.07, 6.45) is 3.17. The van der Waals surface area contributed by atoms with Crippen LogP contribution in [-0.4, -0.2) is 44.5 Å². The van der Waals surface area contributed by atoms with E-state index in [-0.39, 0.29) is 10.0 Å². The molecule has 0 amide bonds. The number of pyridine rings is 1. The number of hydrogen-bond acceptors (Lipinski definition) is 4. The first kappa shape index (κ1) is 18.8. The highest BCUT2D eigenvalue weighted by molar-refractivity contribution is 9.10. The molecular weight excluding hydrogens is 378 g/mol. The molecule has 0 fully saturated rings. The van der Waals surface area contributed by atoms with Gasteiger partial charge < -0.3 is 4.90 Å². The molecule has 1 aromatic rings. The Kier molecular flexibility index (Phi) is 7.56. The Morgan fingerprint density at radius 2 is 2.10 bits per heavy atom. The Morgan fingerprint density at radius 1 is 1.43 bits per heavy atom. The average molecular weight is 399 g/mol. The van der Waals surface area contributed by atoms with Crippen molar-refractivity contribution in [3.8, 4) is 0 Å². The van der Waals surface area contributed by atoms with E-state index in [0.29, 0.717) is 17.1 Å². The van der Waals surface area contributed by atoms with E-state index in [4.69, 9.17) is 11.6 Å². The van der Waals surface area contributed by atoms with Crippen molar-refractivity contribution in [2.45, 2.75) is 37.6 Å². The number of hydrogen-bond donors (Lipinski definition) is 1. The molecule has 0 spiro atoms. The van der Waals surface area contributed by atoms with Crippen molar-refractivity contribution in [3.63, 3.8) is 0 Å². The van der Waals surface area contributed by atoms with Gasteiger partial charge in [0, 0.05) is 23.3 Å². The maximum absolute atomic E-state index is 12.1. The summed E-state index contributed by atoms with van der Waals surface area (Å²) >= 11 is 9.03. The maximum atomic E-state index is 12.1. The van der Waals surface area contributed by atoms with Crippen LogP contribution in [0.4, 0.5) is 0 Å². The molecule has 0 saturated carbocycles. The van der Waals surface area contributed by atoms with Crippen LogP contribution in [0.2, 0.25) is 5.15 Å². The summed E-state index contributed by atoms with van der Waals surface area (Å²) in [5.74, 6) is 0. The standard InChI is InChI=1S/C13H21BrClN3O2S/c1-10(2)18(3)7-5-4-6-17-21(19,20)12-8-11(14)9-16-13(12)15/h8-10,17H,4-7H2,1-3H3. The summed E-state index contributed by atoms with van der Waals surface area (Å²) in [5.41, 5.74) is 0. The van der Waals surface area contributed by atoms with E-state index in [1.54, 1.807) is 0 Å². The highest BCUT2D eigenvalue weighted by Gasteiger charge is 2.18. The van der Waals surface area contributed by atoms with E-state index in [1.807, 2.05) is 0 Å². The number of halogens is 2. The minimum Gasteiger partial charge on any atom is -0.304 e. The lowest BCUT2D eigenvalue weighted by molar-refractivity contribution is 0.268. The van der Waals surface area contributed by atoms with E-state index in [9.17, 15) is 8.42 Å². The number of nitrogens with one attached hydrogen (secondary N) is 1. The van der Waals surface area contributed by atoms with E-state index in [1.165, 1.54) is 12.3 Å². The largest absolute Gasteiger partial charge is 0.304 e. The van der Waals surface area contributed by atoms with Gasteiger partial charge in [0.1, 0.15) is 10.0 Å². The summed E-state index contributed by atoms with van der Waals surface area (Å²) in [7, 11) is -1.56. The Hall–Kier alpha value is -0.210. The lowest BCUT2D eigenvalue weighted by Crippen LogP contribution is -2.29. The molecule has 0 aliphatic heterocycles. The SMILES string of the molecule is CC(C)N(C)CCCCNS(=O)(=O)c1cc(Br)cnc1Cl. The molecule has 21 heavy (non-hydrogen) atoms. The molecule has 0 saturated heterocycles. The zero-order valence-corrected chi connectivity index (χ0v) is 15.6. The number of aromatic nitrogens is 1. The van der Waals surface area contributed by atoms with Crippen LogP contribution in [-0.2, 0) is 10.0 Å². The fraction of sp³-hybridized carbons (Fsp3) is 0.615. The van der Waals surface area contributed by atoms with Gasteiger partial charge in [0.15, 0.2) is 0 Å². The fourth-order valence-corrected chi connectivity index (χ4v) is 3.64. The second kappa shape index (κ2) is 8.43. The second-order valence-electron chi connectivity index (χ2n) is 5.12. The first-order chi connectivity index (χ1) is 9.74. The second-order valence-corrected chi connectivity index (χ2v) is 8.13. The molecule has 1 aromatic heterocycles. The first-order valence-electron chi connectivity index (χ1n) is 6.75. The average Bonchev–Trinajstić information content (AvgIpc) is 2.40. The van der Waals surface area contributed by atoms with Gasteiger partial charge in [-0.15, -0.1) is 0 Å². The predicted molar refractivity (Wildman–Crippen MR) is 89.1 cm³/mol. The van der Waals surface area contributed by atoms with Crippen molar-refractivity contribution in [2.75, 3.05) is 20.1 Å². The van der Waals surface area contributed by atoms with Gasteiger partial charge in [-0.25, -0.2) is 18.1 Å². The van der Waals surface area contributed by atoms with Crippen LogP contribution in [0.1, 0.15) is 26.7 Å². The summed E-state index contributed by atoms with van der Waals surface area (Å²) < 4.78 is 27.4. The summed E-state index contributed by atoms with van der Waals surface area (Å²) in [6, 6.07) is 1.94. The molecule has 0 unspecified atom stereocenters. The molecular formula is C13H21BrClN3O2S. The molecule has 120 valence electrons. The zero-order chi connectivity index (χ0) is 16.0. The van der Waals surface area contributed by atoms with Gasteiger partial charge in [0.25, 0.3) is 0 Å². The summed E-state index contributed by atoms with van der Waals surface area (Å²) in [4.78, 5) is 6.05. The molecule has 1 N–H and O–H groups in total. The summed E-state index contributed by atoms with van der Waals surface area (Å²) in [5, 5.41) is -0.0229. The molecule has 0 aromatic carbocycles. The number of nitrogens with zero attached hydrogens (tertiary/aromatic N) is 2. The van der Waals surface area contributed by atoms with Gasteiger partial charge >= 0.3 is 0 Å². The predicted octanol–water partition coefficient (Wildman–Crippen LogP) is 2.90. The normalized spacial score (nSPS) is 12.3. The molecule has 1 rings (SSSR count). The molecule has 5 nitrogen and oxygen atoms in total. The fourth-order valence-electron chi connectivity index (χ4n) is 1.62. The minimum absolute atomic E-state index is 0.00200. The molecule has 0 aliphatic carbocycles. The third-order valence-corrected chi connectivity index (χ3v) is 5.50. The first-order valence-corrected chi connectivity index (χ1v) is 9.40. The lowest BCUT2D eigenvalue weighted by Gasteiger charge is -2.20. The molecule has 8 heteroatoms. The minimum atomic E-state index is -3.62. The highest BCUT2D eigenvalue weighted by Crippen LogP contribution is 2.22. The van der Waals surface area contributed by atoms with E-state index in [2.05, 4.69) is 51.4 Å². The van der Waals surface area contributed by atoms with Crippen molar-refractivity contribution >= 4 is 37.6 Å². The highest BCUT2D eigenvalue weighted by atomic mass is 79.9. The molecule has 1 heterocycles. The van der Waals surface area contributed by atoms with E-state index in [0.717, 1.165) is 19.4 Å². The third-order valence-electron chi connectivity index (χ3n) is 3.17. The molecule has 0 aliphatic rings. The van der Waals surface area contributed by atoms with Crippen LogP contribution in [0, 0.1) is 0 Å². The van der Waals surface area contributed by atoms with E-state index < -0.39 is 10.0 Å². The van der Waals surface area contributed by atoms with Crippen molar-refractivity contribution in [2.24, 2.45) is 0 Å². The number of sulfonamides is 1. The maximum Gasteiger partial charge on any atom is 0.243 e. The Morgan fingerprint density at radius 3 is 2.71 bits per heavy atom. The van der Waals surface area contributed by atoms with Crippen LogP contribution in [0.3, 0.4) is 0 Å². The number of rotatable bonds is 8. The zero-order valence-electron chi connectivity index (χ0n) is 12.4. The smallest absolute Gasteiger partial charge is 0.243 e. The lowest BCUT2D eigenvalue weighted by atomic mass is 10.2. The summed E-state index contributed by atoms with van der Waals surface area (Å²) in [6.45, 7) is 5.59. The number of unbranched alkanes of at least 4 members (excludes halogenated alkanes) is 1. The Balaban J connectivity index is 2.49. The van der Waals surface area contributed by atoms with Crippen LogP contribution >= 0.6 is 27.5 Å². The van der Waals surface area contributed by atoms with Crippen LogP contribution < -0.4 is 4.72 Å². The Labute approximate surface area is 140 Å². The van der Waals surface area contributed by atoms with E-state index >= 15 is 0 Å². The van der Waals surface area contributed by atoms with Crippen molar-refractivity contribution in [1.29, 1.82) is 0 Å². The quantitative estimate of drug-likeness (QED) is 0.540. The molecule has 0 bridgehead atoms.